The maximum atomic E-state index is 12.2. The number of amides is 1. The first kappa shape index (κ1) is 14.9. The lowest BCUT2D eigenvalue weighted by atomic mass is 10.2. The highest BCUT2D eigenvalue weighted by Crippen LogP contribution is 2.16. The van der Waals surface area contributed by atoms with Crippen molar-refractivity contribution in [2.24, 2.45) is 0 Å². The molecule has 0 atom stereocenters. The third-order valence-electron chi connectivity index (χ3n) is 2.83. The molecule has 0 radical (unpaired) electrons. The summed E-state index contributed by atoms with van der Waals surface area (Å²) in [6, 6.07) is 9.22. The van der Waals surface area contributed by atoms with E-state index in [-0.39, 0.29) is 23.8 Å². The van der Waals surface area contributed by atoms with Crippen LogP contribution in [0.5, 0.6) is 0 Å². The van der Waals surface area contributed by atoms with Crippen LogP contribution in [0.4, 0.5) is 5.69 Å². The van der Waals surface area contributed by atoms with Crippen molar-refractivity contribution in [1.29, 1.82) is 0 Å². The van der Waals surface area contributed by atoms with Crippen LogP contribution in [0.1, 0.15) is 16.1 Å². The van der Waals surface area contributed by atoms with E-state index >= 15 is 0 Å². The Kier molecular flexibility index (Phi) is 4.49. The van der Waals surface area contributed by atoms with Gasteiger partial charge >= 0.3 is 0 Å². The van der Waals surface area contributed by atoms with E-state index in [0.29, 0.717) is 10.6 Å². The molecule has 0 bridgehead atoms. The minimum atomic E-state index is -0.468. The van der Waals surface area contributed by atoms with E-state index in [9.17, 15) is 14.9 Å². The standard InChI is InChI=1S/C14H12ClN3O3/c1-17(14(19)13-8-11(15)5-6-16-13)9-10-3-2-4-12(7-10)18(20)21/h2-8H,9H2,1H3. The van der Waals surface area contributed by atoms with E-state index in [1.165, 1.54) is 29.3 Å². The number of aromatic nitrogens is 1. The summed E-state index contributed by atoms with van der Waals surface area (Å²) in [5.74, 6) is -0.302. The number of carbonyl (C=O) groups is 1. The molecule has 7 heteroatoms. The minimum Gasteiger partial charge on any atom is -0.336 e. The summed E-state index contributed by atoms with van der Waals surface area (Å²) in [6.07, 6.45) is 1.46. The van der Waals surface area contributed by atoms with Gasteiger partial charge in [-0.2, -0.15) is 0 Å². The average molecular weight is 306 g/mol. The predicted molar refractivity (Wildman–Crippen MR) is 78.1 cm³/mol. The van der Waals surface area contributed by atoms with Crippen molar-refractivity contribution in [2.45, 2.75) is 6.54 Å². The molecule has 1 amide bonds. The van der Waals surface area contributed by atoms with Crippen LogP contribution in [0.25, 0.3) is 0 Å². The van der Waals surface area contributed by atoms with Gasteiger partial charge in [0.2, 0.25) is 0 Å². The molecule has 0 aliphatic carbocycles. The number of non-ortho nitro benzene ring substituents is 1. The van der Waals surface area contributed by atoms with Crippen LogP contribution in [0.3, 0.4) is 0 Å². The lowest BCUT2D eigenvalue weighted by Crippen LogP contribution is -2.27. The van der Waals surface area contributed by atoms with Crippen LogP contribution in [-0.2, 0) is 6.54 Å². The van der Waals surface area contributed by atoms with Crippen LogP contribution < -0.4 is 0 Å². The molecule has 0 spiro atoms. The van der Waals surface area contributed by atoms with Gasteiger partial charge in [0.25, 0.3) is 11.6 Å². The van der Waals surface area contributed by atoms with Gasteiger partial charge in [-0.3, -0.25) is 19.9 Å². The summed E-state index contributed by atoms with van der Waals surface area (Å²) in [4.78, 5) is 27.8. The number of nitro groups is 1. The van der Waals surface area contributed by atoms with E-state index in [2.05, 4.69) is 4.98 Å². The van der Waals surface area contributed by atoms with Gasteiger partial charge in [-0.05, 0) is 17.7 Å². The highest BCUT2D eigenvalue weighted by Gasteiger charge is 2.15. The summed E-state index contributed by atoms with van der Waals surface area (Å²) in [6.45, 7) is 0.245. The van der Waals surface area contributed by atoms with Gasteiger partial charge < -0.3 is 4.90 Å². The molecule has 1 aromatic heterocycles. The summed E-state index contributed by atoms with van der Waals surface area (Å²) < 4.78 is 0. The van der Waals surface area contributed by atoms with Crippen molar-refractivity contribution >= 4 is 23.2 Å². The number of nitro benzene ring substituents is 1. The fourth-order valence-corrected chi connectivity index (χ4v) is 1.99. The molecule has 0 unspecified atom stereocenters. The maximum Gasteiger partial charge on any atom is 0.272 e. The number of benzene rings is 1. The number of hydrogen-bond donors (Lipinski definition) is 0. The molecule has 0 saturated heterocycles. The monoisotopic (exact) mass is 305 g/mol. The van der Waals surface area contributed by atoms with Crippen molar-refractivity contribution in [2.75, 3.05) is 7.05 Å². The zero-order valence-electron chi connectivity index (χ0n) is 11.2. The zero-order chi connectivity index (χ0) is 15.4. The first-order valence-corrected chi connectivity index (χ1v) is 6.45. The number of pyridine rings is 1. The van der Waals surface area contributed by atoms with E-state index in [1.54, 1.807) is 25.2 Å². The van der Waals surface area contributed by atoms with Crippen molar-refractivity contribution < 1.29 is 9.72 Å². The summed E-state index contributed by atoms with van der Waals surface area (Å²) in [5.41, 5.74) is 0.895. The lowest BCUT2D eigenvalue weighted by molar-refractivity contribution is -0.384. The topological polar surface area (TPSA) is 76.3 Å². The predicted octanol–water partition coefficient (Wildman–Crippen LogP) is 2.92. The molecule has 0 aliphatic heterocycles. The second-order valence-electron chi connectivity index (χ2n) is 4.45. The van der Waals surface area contributed by atoms with Gasteiger partial charge in [0.15, 0.2) is 0 Å². The SMILES string of the molecule is CN(Cc1cccc([N+](=O)[O-])c1)C(=O)c1cc(Cl)ccn1. The normalized spacial score (nSPS) is 10.2. The van der Waals surface area contributed by atoms with E-state index < -0.39 is 4.92 Å². The summed E-state index contributed by atoms with van der Waals surface area (Å²) in [5, 5.41) is 11.2. The Balaban J connectivity index is 2.14. The zero-order valence-corrected chi connectivity index (χ0v) is 11.9. The Morgan fingerprint density at radius 3 is 2.81 bits per heavy atom. The van der Waals surface area contributed by atoms with Crippen molar-refractivity contribution in [3.05, 3.63) is 69.0 Å². The Hall–Kier alpha value is -2.47. The van der Waals surface area contributed by atoms with Gasteiger partial charge in [0, 0.05) is 36.9 Å². The number of hydrogen-bond acceptors (Lipinski definition) is 4. The van der Waals surface area contributed by atoms with E-state index in [1.807, 2.05) is 0 Å². The molecule has 6 nitrogen and oxygen atoms in total. The number of nitrogens with zero attached hydrogens (tertiary/aromatic N) is 3. The highest BCUT2D eigenvalue weighted by molar-refractivity contribution is 6.30. The van der Waals surface area contributed by atoms with Crippen molar-refractivity contribution in [3.8, 4) is 0 Å². The van der Waals surface area contributed by atoms with Gasteiger partial charge in [0.05, 0.1) is 4.92 Å². The van der Waals surface area contributed by atoms with Crippen LogP contribution in [0.15, 0.2) is 42.6 Å². The molecular formula is C14H12ClN3O3. The molecule has 0 saturated carbocycles. The molecule has 1 heterocycles. The van der Waals surface area contributed by atoms with Crippen LogP contribution >= 0.6 is 11.6 Å². The third kappa shape index (κ3) is 3.76. The van der Waals surface area contributed by atoms with Gasteiger partial charge in [-0.25, -0.2) is 0 Å². The highest BCUT2D eigenvalue weighted by atomic mass is 35.5. The molecule has 2 rings (SSSR count). The smallest absolute Gasteiger partial charge is 0.272 e. The summed E-state index contributed by atoms with van der Waals surface area (Å²) >= 11 is 5.82. The van der Waals surface area contributed by atoms with Crippen LogP contribution in [0.2, 0.25) is 5.02 Å². The van der Waals surface area contributed by atoms with Crippen molar-refractivity contribution in [1.82, 2.24) is 9.88 Å². The molecule has 1 aromatic carbocycles. The van der Waals surface area contributed by atoms with Gasteiger partial charge in [0.1, 0.15) is 5.69 Å². The maximum absolute atomic E-state index is 12.2. The molecule has 108 valence electrons. The number of rotatable bonds is 4. The van der Waals surface area contributed by atoms with Crippen LogP contribution in [0, 0.1) is 10.1 Å². The van der Waals surface area contributed by atoms with E-state index in [0.717, 1.165) is 0 Å². The molecule has 2 aromatic rings. The largest absolute Gasteiger partial charge is 0.336 e. The van der Waals surface area contributed by atoms with Crippen molar-refractivity contribution in [3.63, 3.8) is 0 Å². The molecule has 0 aliphatic rings. The third-order valence-corrected chi connectivity index (χ3v) is 3.06. The fraction of sp³-hybridized carbons (Fsp3) is 0.143. The molecule has 0 N–H and O–H groups in total. The second kappa shape index (κ2) is 6.32. The van der Waals surface area contributed by atoms with Gasteiger partial charge in [-0.1, -0.05) is 23.7 Å². The molecule has 21 heavy (non-hydrogen) atoms. The van der Waals surface area contributed by atoms with E-state index in [4.69, 9.17) is 11.6 Å². The Morgan fingerprint density at radius 1 is 1.38 bits per heavy atom. The Morgan fingerprint density at radius 2 is 2.14 bits per heavy atom. The van der Waals surface area contributed by atoms with Crippen LogP contribution in [-0.4, -0.2) is 27.8 Å². The quantitative estimate of drug-likeness (QED) is 0.643. The first-order valence-electron chi connectivity index (χ1n) is 6.07. The first-order chi connectivity index (χ1) is 9.97. The average Bonchev–Trinajstić information content (AvgIpc) is 2.46. The fourth-order valence-electron chi connectivity index (χ4n) is 1.83. The summed E-state index contributed by atoms with van der Waals surface area (Å²) in [7, 11) is 1.60. The Bertz CT molecular complexity index is 691. The molecule has 0 fully saturated rings. The minimum absolute atomic E-state index is 0.00534. The second-order valence-corrected chi connectivity index (χ2v) is 4.88. The Labute approximate surface area is 126 Å². The van der Waals surface area contributed by atoms with Gasteiger partial charge in [-0.15, -0.1) is 0 Å². The number of halogens is 1. The molecular weight excluding hydrogens is 294 g/mol. The lowest BCUT2D eigenvalue weighted by Gasteiger charge is -2.16. The number of carbonyl (C=O) groups excluding carboxylic acids is 1.